The van der Waals surface area contributed by atoms with Crippen molar-refractivity contribution in [1.82, 2.24) is 20.0 Å². The van der Waals surface area contributed by atoms with E-state index in [1.54, 1.807) is 11.0 Å². The molecular formula is C19H21N5O2. The normalized spacial score (nSPS) is 16.7. The van der Waals surface area contributed by atoms with Gasteiger partial charge in [-0.15, -0.1) is 0 Å². The van der Waals surface area contributed by atoms with Crippen molar-refractivity contribution in [2.24, 2.45) is 5.92 Å². The lowest BCUT2D eigenvalue weighted by Gasteiger charge is -2.29. The van der Waals surface area contributed by atoms with Gasteiger partial charge in [0.2, 0.25) is 0 Å². The Kier molecular flexibility index (Phi) is 5.64. The fourth-order valence-electron chi connectivity index (χ4n) is 3.02. The maximum atomic E-state index is 12.2. The highest BCUT2D eigenvalue weighted by Crippen LogP contribution is 2.15. The summed E-state index contributed by atoms with van der Waals surface area (Å²) in [6.45, 7) is 1.72. The van der Waals surface area contributed by atoms with Gasteiger partial charge in [-0.05, 0) is 18.9 Å². The van der Waals surface area contributed by atoms with Crippen LogP contribution in [0.5, 0.6) is 0 Å². The minimum atomic E-state index is -0.207. The first-order valence-corrected chi connectivity index (χ1v) is 8.73. The zero-order chi connectivity index (χ0) is 18.4. The highest BCUT2D eigenvalue weighted by Gasteiger charge is 2.23. The average molecular weight is 351 g/mol. The number of carbonyl (C=O) groups is 1. The van der Waals surface area contributed by atoms with Crippen molar-refractivity contribution < 1.29 is 4.79 Å². The van der Waals surface area contributed by atoms with Crippen LogP contribution in [0.4, 0.5) is 4.79 Å². The molecule has 0 bridgehead atoms. The van der Waals surface area contributed by atoms with Gasteiger partial charge in [0.05, 0.1) is 24.2 Å². The van der Waals surface area contributed by atoms with Gasteiger partial charge in [-0.25, -0.2) is 9.48 Å². The molecule has 1 fully saturated rings. The second-order valence-corrected chi connectivity index (χ2v) is 6.29. The molecule has 0 saturated carbocycles. The molecule has 1 N–H and O–H groups in total. The molecule has 7 heteroatoms. The summed E-state index contributed by atoms with van der Waals surface area (Å²) < 4.78 is 1.36. The lowest BCUT2D eigenvalue weighted by Crippen LogP contribution is -2.46. The van der Waals surface area contributed by atoms with Crippen LogP contribution in [0, 0.1) is 17.2 Å². The number of nitrogens with zero attached hydrogens (tertiary/aromatic N) is 4. The highest BCUT2D eigenvalue weighted by atomic mass is 16.2. The smallest absolute Gasteiger partial charge is 0.317 e. The Bertz CT molecular complexity index is 856. The van der Waals surface area contributed by atoms with Crippen LogP contribution >= 0.6 is 0 Å². The summed E-state index contributed by atoms with van der Waals surface area (Å²) in [6.07, 6.45) is 1.68. The Morgan fingerprint density at radius 2 is 2.08 bits per heavy atom. The SMILES string of the molecule is N#C[C@H]1CCCN(C(=O)NCCn2nc(-c3ccccc3)ccc2=O)C1. The van der Waals surface area contributed by atoms with E-state index in [2.05, 4.69) is 16.5 Å². The van der Waals surface area contributed by atoms with Gasteiger partial charge in [0.25, 0.3) is 5.56 Å². The first-order chi connectivity index (χ1) is 12.7. The molecule has 134 valence electrons. The number of urea groups is 1. The predicted molar refractivity (Wildman–Crippen MR) is 97.2 cm³/mol. The summed E-state index contributed by atoms with van der Waals surface area (Å²) in [5.74, 6) is -0.0960. The number of hydrogen-bond donors (Lipinski definition) is 1. The largest absolute Gasteiger partial charge is 0.336 e. The van der Waals surface area contributed by atoms with Crippen molar-refractivity contribution in [3.8, 4) is 17.3 Å². The number of piperidine rings is 1. The van der Waals surface area contributed by atoms with Crippen LogP contribution in [0.1, 0.15) is 12.8 Å². The summed E-state index contributed by atoms with van der Waals surface area (Å²) in [6, 6.07) is 14.8. The molecule has 2 aromatic rings. The molecule has 1 atom stereocenters. The molecule has 0 unspecified atom stereocenters. The molecule has 1 aliphatic heterocycles. The number of amides is 2. The fourth-order valence-corrected chi connectivity index (χ4v) is 3.02. The lowest BCUT2D eigenvalue weighted by atomic mass is 10.0. The lowest BCUT2D eigenvalue weighted by molar-refractivity contribution is 0.176. The number of nitriles is 1. The number of aromatic nitrogens is 2. The van der Waals surface area contributed by atoms with Crippen LogP contribution in [0.3, 0.4) is 0 Å². The maximum Gasteiger partial charge on any atom is 0.317 e. The Morgan fingerprint density at radius 3 is 2.85 bits per heavy atom. The Labute approximate surface area is 151 Å². The number of nitrogens with one attached hydrogen (secondary N) is 1. The van der Waals surface area contributed by atoms with Gasteiger partial charge in [-0.3, -0.25) is 4.79 Å². The van der Waals surface area contributed by atoms with E-state index in [1.807, 2.05) is 30.3 Å². The number of hydrogen-bond acceptors (Lipinski definition) is 4. The Hall–Kier alpha value is -3.14. The van der Waals surface area contributed by atoms with E-state index in [-0.39, 0.29) is 17.5 Å². The molecule has 0 spiro atoms. The predicted octanol–water partition coefficient (Wildman–Crippen LogP) is 1.86. The van der Waals surface area contributed by atoms with Crippen LogP contribution in [-0.2, 0) is 6.54 Å². The quantitative estimate of drug-likeness (QED) is 0.910. The number of rotatable bonds is 4. The molecule has 1 aliphatic rings. The molecule has 0 radical (unpaired) electrons. The highest BCUT2D eigenvalue weighted by molar-refractivity contribution is 5.74. The van der Waals surface area contributed by atoms with Crippen LogP contribution in [0.25, 0.3) is 11.3 Å². The molecule has 3 rings (SSSR count). The third-order valence-electron chi connectivity index (χ3n) is 4.43. The van der Waals surface area contributed by atoms with Gasteiger partial charge in [-0.1, -0.05) is 30.3 Å². The van der Waals surface area contributed by atoms with Crippen molar-refractivity contribution >= 4 is 6.03 Å². The summed E-state index contributed by atoms with van der Waals surface area (Å²) in [5, 5.41) is 16.2. The fraction of sp³-hybridized carbons (Fsp3) is 0.368. The minimum absolute atomic E-state index is 0.0960. The topological polar surface area (TPSA) is 91.0 Å². The molecule has 7 nitrogen and oxygen atoms in total. The van der Waals surface area contributed by atoms with E-state index in [4.69, 9.17) is 5.26 Å². The summed E-state index contributed by atoms with van der Waals surface area (Å²) in [4.78, 5) is 25.9. The van der Waals surface area contributed by atoms with Crippen molar-refractivity contribution in [2.75, 3.05) is 19.6 Å². The standard InChI is InChI=1S/C19H21N5O2/c20-13-15-5-4-11-23(14-15)19(26)21-10-12-24-18(25)9-8-17(22-24)16-6-2-1-3-7-16/h1-3,6-9,15H,4-5,10-12,14H2,(H,21,26)/t15-/m1/s1. The zero-order valence-electron chi connectivity index (χ0n) is 14.5. The second-order valence-electron chi connectivity index (χ2n) is 6.29. The van der Waals surface area contributed by atoms with E-state index in [0.29, 0.717) is 31.9 Å². The van der Waals surface area contributed by atoms with E-state index < -0.39 is 0 Å². The zero-order valence-corrected chi connectivity index (χ0v) is 14.5. The molecule has 2 heterocycles. The summed E-state index contributed by atoms with van der Waals surface area (Å²) in [5.41, 5.74) is 1.44. The van der Waals surface area contributed by atoms with Gasteiger partial charge in [-0.2, -0.15) is 10.4 Å². The molecule has 1 aromatic carbocycles. The van der Waals surface area contributed by atoms with Crippen molar-refractivity contribution in [3.63, 3.8) is 0 Å². The first kappa shape index (κ1) is 17.7. The molecule has 26 heavy (non-hydrogen) atoms. The molecule has 1 aromatic heterocycles. The molecule has 1 saturated heterocycles. The molecular weight excluding hydrogens is 330 g/mol. The van der Waals surface area contributed by atoms with Gasteiger partial charge in [0.1, 0.15) is 0 Å². The number of benzene rings is 1. The Morgan fingerprint density at radius 1 is 1.27 bits per heavy atom. The minimum Gasteiger partial charge on any atom is -0.336 e. The Balaban J connectivity index is 1.59. The van der Waals surface area contributed by atoms with Crippen LogP contribution in [-0.4, -0.2) is 40.3 Å². The van der Waals surface area contributed by atoms with Crippen molar-refractivity contribution in [2.45, 2.75) is 19.4 Å². The monoisotopic (exact) mass is 351 g/mol. The van der Waals surface area contributed by atoms with Crippen molar-refractivity contribution in [3.05, 3.63) is 52.8 Å². The number of likely N-dealkylation sites (tertiary alicyclic amines) is 1. The molecule has 0 aliphatic carbocycles. The van der Waals surface area contributed by atoms with E-state index >= 15 is 0 Å². The van der Waals surface area contributed by atoms with Crippen LogP contribution in [0.15, 0.2) is 47.3 Å². The molecule has 2 amide bonds. The van der Waals surface area contributed by atoms with Gasteiger partial charge < -0.3 is 10.2 Å². The van der Waals surface area contributed by atoms with E-state index in [0.717, 1.165) is 18.4 Å². The number of carbonyl (C=O) groups excluding carboxylic acids is 1. The van der Waals surface area contributed by atoms with Gasteiger partial charge >= 0.3 is 6.03 Å². The van der Waals surface area contributed by atoms with E-state index in [9.17, 15) is 9.59 Å². The van der Waals surface area contributed by atoms with Gasteiger partial charge in [0, 0.05) is 31.3 Å². The van der Waals surface area contributed by atoms with E-state index in [1.165, 1.54) is 10.7 Å². The van der Waals surface area contributed by atoms with Crippen LogP contribution in [0.2, 0.25) is 0 Å². The first-order valence-electron chi connectivity index (χ1n) is 8.73. The summed E-state index contributed by atoms with van der Waals surface area (Å²) in [7, 11) is 0. The third kappa shape index (κ3) is 4.28. The van der Waals surface area contributed by atoms with Crippen LogP contribution < -0.4 is 10.9 Å². The third-order valence-corrected chi connectivity index (χ3v) is 4.43. The maximum absolute atomic E-state index is 12.2. The van der Waals surface area contributed by atoms with Gasteiger partial charge in [0.15, 0.2) is 0 Å². The second kappa shape index (κ2) is 8.30. The average Bonchev–Trinajstić information content (AvgIpc) is 2.70. The van der Waals surface area contributed by atoms with Crippen molar-refractivity contribution in [1.29, 1.82) is 5.26 Å². The summed E-state index contributed by atoms with van der Waals surface area (Å²) >= 11 is 0.